The highest BCUT2D eigenvalue weighted by molar-refractivity contribution is 14.1. The lowest BCUT2D eigenvalue weighted by Crippen LogP contribution is -2.27. The van der Waals surface area contributed by atoms with Crippen LogP contribution in [0.2, 0.25) is 5.02 Å². The third-order valence-electron chi connectivity index (χ3n) is 3.17. The predicted molar refractivity (Wildman–Crippen MR) is 91.1 cm³/mol. The lowest BCUT2D eigenvalue weighted by atomic mass is 10.1. The van der Waals surface area contributed by atoms with Crippen molar-refractivity contribution in [2.24, 2.45) is 0 Å². The van der Waals surface area contributed by atoms with Gasteiger partial charge >= 0.3 is 0 Å². The average molecular weight is 400 g/mol. The third kappa shape index (κ3) is 3.52. The van der Waals surface area contributed by atoms with Gasteiger partial charge in [0, 0.05) is 22.2 Å². The number of rotatable bonds is 3. The van der Waals surface area contributed by atoms with Crippen LogP contribution >= 0.6 is 34.2 Å². The Morgan fingerprint density at radius 3 is 2.65 bits per heavy atom. The molecule has 1 amide bonds. The Bertz CT molecular complexity index is 642. The molecule has 4 heteroatoms. The molecule has 104 valence electrons. The Labute approximate surface area is 137 Å². The maximum atomic E-state index is 12.5. The van der Waals surface area contributed by atoms with Gasteiger partial charge in [-0.2, -0.15) is 0 Å². The first kappa shape index (κ1) is 15.3. The number of carbonyl (C=O) groups is 1. The van der Waals surface area contributed by atoms with Gasteiger partial charge in [-0.05, 0) is 58.8 Å². The fourth-order valence-electron chi connectivity index (χ4n) is 1.98. The highest BCUT2D eigenvalue weighted by Gasteiger charge is 2.16. The number of aryl methyl sites for hydroxylation is 1. The van der Waals surface area contributed by atoms with Crippen molar-refractivity contribution < 1.29 is 4.79 Å². The van der Waals surface area contributed by atoms with Crippen LogP contribution in [0.25, 0.3) is 0 Å². The smallest absolute Gasteiger partial charge is 0.255 e. The molecule has 0 fully saturated rings. The topological polar surface area (TPSA) is 20.3 Å². The first-order chi connectivity index (χ1) is 9.49. The molecule has 2 aromatic carbocycles. The summed E-state index contributed by atoms with van der Waals surface area (Å²) in [7, 11) is 1.81. The van der Waals surface area contributed by atoms with E-state index in [4.69, 9.17) is 11.6 Å². The minimum Gasteiger partial charge on any atom is -0.337 e. The van der Waals surface area contributed by atoms with Crippen molar-refractivity contribution in [1.29, 1.82) is 0 Å². The van der Waals surface area contributed by atoms with E-state index in [1.54, 1.807) is 17.0 Å². The van der Waals surface area contributed by atoms with Crippen LogP contribution in [-0.4, -0.2) is 17.9 Å². The van der Waals surface area contributed by atoms with E-state index in [-0.39, 0.29) is 5.91 Å². The summed E-state index contributed by atoms with van der Waals surface area (Å²) in [5.41, 5.74) is 2.99. The molecule has 0 heterocycles. The summed E-state index contributed by atoms with van der Waals surface area (Å²) in [5.74, 6) is -0.0137. The molecule has 2 nitrogen and oxygen atoms in total. The van der Waals surface area contributed by atoms with E-state index >= 15 is 0 Å². The highest BCUT2D eigenvalue weighted by Crippen LogP contribution is 2.20. The zero-order valence-electron chi connectivity index (χ0n) is 11.4. The van der Waals surface area contributed by atoms with Crippen molar-refractivity contribution in [3.8, 4) is 0 Å². The summed E-state index contributed by atoms with van der Waals surface area (Å²) >= 11 is 8.13. The summed E-state index contributed by atoms with van der Waals surface area (Å²) in [6.45, 7) is 2.64. The van der Waals surface area contributed by atoms with Crippen LogP contribution in [0.15, 0.2) is 42.5 Å². The first-order valence-corrected chi connectivity index (χ1v) is 7.69. The number of benzene rings is 2. The van der Waals surface area contributed by atoms with Crippen LogP contribution in [0.1, 0.15) is 21.5 Å². The van der Waals surface area contributed by atoms with Crippen LogP contribution in [0.4, 0.5) is 0 Å². The van der Waals surface area contributed by atoms with Crippen LogP contribution in [0, 0.1) is 10.5 Å². The largest absolute Gasteiger partial charge is 0.337 e. The van der Waals surface area contributed by atoms with E-state index in [1.807, 2.05) is 31.3 Å². The van der Waals surface area contributed by atoms with Gasteiger partial charge in [-0.3, -0.25) is 4.79 Å². The van der Waals surface area contributed by atoms with Gasteiger partial charge in [0.2, 0.25) is 0 Å². The molecule has 0 bridgehead atoms. The van der Waals surface area contributed by atoms with Gasteiger partial charge in [0.1, 0.15) is 0 Å². The van der Waals surface area contributed by atoms with Crippen molar-refractivity contribution in [2.45, 2.75) is 13.5 Å². The van der Waals surface area contributed by atoms with Crippen LogP contribution in [-0.2, 0) is 6.54 Å². The molecule has 0 saturated carbocycles. The molecular formula is C16H15ClINO. The Hall–Kier alpha value is -1.07. The predicted octanol–water partition coefficient (Wildman–Crippen LogP) is 4.53. The van der Waals surface area contributed by atoms with Crippen molar-refractivity contribution in [3.63, 3.8) is 0 Å². The van der Waals surface area contributed by atoms with Gasteiger partial charge in [0.05, 0.1) is 5.56 Å². The molecule has 0 radical (unpaired) electrons. The van der Waals surface area contributed by atoms with E-state index in [2.05, 4.69) is 35.6 Å². The SMILES string of the molecule is Cc1ccccc1CN(C)C(=O)c1cc(Cl)ccc1I. The molecule has 20 heavy (non-hydrogen) atoms. The molecule has 0 N–H and O–H groups in total. The molecule has 0 unspecified atom stereocenters. The van der Waals surface area contributed by atoms with Gasteiger partial charge in [0.25, 0.3) is 5.91 Å². The third-order valence-corrected chi connectivity index (χ3v) is 4.35. The molecular weight excluding hydrogens is 385 g/mol. The fraction of sp³-hybridized carbons (Fsp3) is 0.188. The lowest BCUT2D eigenvalue weighted by Gasteiger charge is -2.19. The minimum atomic E-state index is -0.0137. The summed E-state index contributed by atoms with van der Waals surface area (Å²) in [6, 6.07) is 13.5. The number of hydrogen-bond donors (Lipinski definition) is 0. The van der Waals surface area contributed by atoms with E-state index < -0.39 is 0 Å². The quantitative estimate of drug-likeness (QED) is 0.695. The lowest BCUT2D eigenvalue weighted by molar-refractivity contribution is 0.0784. The van der Waals surface area contributed by atoms with Gasteiger partial charge in [-0.15, -0.1) is 0 Å². The van der Waals surface area contributed by atoms with E-state index in [0.29, 0.717) is 17.1 Å². The standard InChI is InChI=1S/C16H15ClINO/c1-11-5-3-4-6-12(11)10-19(2)16(20)14-9-13(17)7-8-15(14)18/h3-9H,10H2,1-2H3. The summed E-state index contributed by atoms with van der Waals surface area (Å²) in [6.07, 6.45) is 0. The maximum absolute atomic E-state index is 12.5. The summed E-state index contributed by atoms with van der Waals surface area (Å²) < 4.78 is 0.911. The Morgan fingerprint density at radius 1 is 1.25 bits per heavy atom. The van der Waals surface area contributed by atoms with E-state index in [9.17, 15) is 4.79 Å². The number of halogens is 2. The van der Waals surface area contributed by atoms with E-state index in [1.165, 1.54) is 5.56 Å². The average Bonchev–Trinajstić information content (AvgIpc) is 2.43. The zero-order valence-corrected chi connectivity index (χ0v) is 14.3. The monoisotopic (exact) mass is 399 g/mol. The normalized spacial score (nSPS) is 10.4. The Morgan fingerprint density at radius 2 is 1.95 bits per heavy atom. The summed E-state index contributed by atoms with van der Waals surface area (Å²) in [4.78, 5) is 14.2. The van der Waals surface area contributed by atoms with Crippen molar-refractivity contribution in [2.75, 3.05) is 7.05 Å². The summed E-state index contributed by atoms with van der Waals surface area (Å²) in [5, 5.41) is 0.582. The highest BCUT2D eigenvalue weighted by atomic mass is 127. The molecule has 2 rings (SSSR count). The first-order valence-electron chi connectivity index (χ1n) is 6.24. The second-order valence-electron chi connectivity index (χ2n) is 4.71. The van der Waals surface area contributed by atoms with Crippen molar-refractivity contribution in [3.05, 3.63) is 67.7 Å². The number of nitrogens with zero attached hydrogens (tertiary/aromatic N) is 1. The number of carbonyl (C=O) groups excluding carboxylic acids is 1. The molecule has 0 aliphatic carbocycles. The molecule has 0 atom stereocenters. The minimum absolute atomic E-state index is 0.0137. The van der Waals surface area contributed by atoms with Gasteiger partial charge in [0.15, 0.2) is 0 Å². The van der Waals surface area contributed by atoms with Crippen LogP contribution in [0.5, 0.6) is 0 Å². The molecule has 2 aromatic rings. The van der Waals surface area contributed by atoms with Gasteiger partial charge in [-0.1, -0.05) is 35.9 Å². The van der Waals surface area contributed by atoms with E-state index in [0.717, 1.165) is 9.13 Å². The number of amides is 1. The molecule has 0 saturated heterocycles. The molecule has 0 aliphatic rings. The maximum Gasteiger partial charge on any atom is 0.255 e. The number of hydrogen-bond acceptors (Lipinski definition) is 1. The van der Waals surface area contributed by atoms with Gasteiger partial charge < -0.3 is 4.90 Å². The Kier molecular flexibility index (Phi) is 5.05. The zero-order chi connectivity index (χ0) is 14.7. The molecule has 0 aromatic heterocycles. The van der Waals surface area contributed by atoms with Crippen LogP contribution in [0.3, 0.4) is 0 Å². The van der Waals surface area contributed by atoms with Crippen molar-refractivity contribution in [1.82, 2.24) is 4.90 Å². The fourth-order valence-corrected chi connectivity index (χ4v) is 2.72. The van der Waals surface area contributed by atoms with Gasteiger partial charge in [-0.25, -0.2) is 0 Å². The molecule has 0 aliphatic heterocycles. The van der Waals surface area contributed by atoms with Crippen molar-refractivity contribution >= 4 is 40.1 Å². The van der Waals surface area contributed by atoms with Crippen LogP contribution < -0.4 is 0 Å². The second-order valence-corrected chi connectivity index (χ2v) is 6.31. The Balaban J connectivity index is 2.21. The molecule has 0 spiro atoms. The second kappa shape index (κ2) is 6.59.